The van der Waals surface area contributed by atoms with E-state index < -0.39 is 0 Å². The first-order valence-electron chi connectivity index (χ1n) is 2.68. The van der Waals surface area contributed by atoms with Crippen LogP contribution in [0.3, 0.4) is 0 Å². The van der Waals surface area contributed by atoms with Gasteiger partial charge in [0.25, 0.3) is 0 Å². The molecule has 0 aromatic rings. The molecule has 3 nitrogen and oxygen atoms in total. The molecule has 0 bridgehead atoms. The highest BCUT2D eigenvalue weighted by molar-refractivity contribution is 4.86. The van der Waals surface area contributed by atoms with Crippen LogP contribution in [0.2, 0.25) is 0 Å². The van der Waals surface area contributed by atoms with Crippen LogP contribution in [-0.2, 0) is 0 Å². The summed E-state index contributed by atoms with van der Waals surface area (Å²) in [5, 5.41) is 11.3. The highest BCUT2D eigenvalue weighted by Gasteiger charge is 1.87. The summed E-state index contributed by atoms with van der Waals surface area (Å²) in [5.74, 6) is 0.569. The Hall–Kier alpha value is -1.12. The zero-order valence-corrected chi connectivity index (χ0v) is 5.35. The van der Waals surface area contributed by atoms with Gasteiger partial charge in [0.1, 0.15) is 0 Å². The first kappa shape index (κ1) is 7.88. The molecule has 0 aliphatic heterocycles. The van der Waals surface area contributed by atoms with E-state index in [1.54, 1.807) is 0 Å². The normalized spacial score (nSPS) is 8.44. The Morgan fingerprint density at radius 2 is 2.11 bits per heavy atom. The molecular formula is C6H12N2O. The van der Waals surface area contributed by atoms with Crippen LogP contribution < -0.4 is 11.1 Å². The lowest BCUT2D eigenvalue weighted by atomic mass is 10.4. The standard InChI is InChI=1S/C6H12N2O/c1-5(9)3-4-8-6(2)7/h8-9H,1-4,7H2. The molecule has 0 amide bonds. The van der Waals surface area contributed by atoms with Gasteiger partial charge in [-0.25, -0.2) is 0 Å². The molecule has 52 valence electrons. The summed E-state index contributed by atoms with van der Waals surface area (Å²) in [5.41, 5.74) is 5.16. The number of nitrogens with one attached hydrogen (secondary N) is 1. The van der Waals surface area contributed by atoms with Crippen molar-refractivity contribution in [3.05, 3.63) is 24.7 Å². The average Bonchev–Trinajstić information content (AvgIpc) is 1.63. The van der Waals surface area contributed by atoms with Crippen LogP contribution in [0.5, 0.6) is 0 Å². The minimum absolute atomic E-state index is 0.156. The maximum Gasteiger partial charge on any atom is 0.0886 e. The summed E-state index contributed by atoms with van der Waals surface area (Å²) >= 11 is 0. The van der Waals surface area contributed by atoms with Crippen molar-refractivity contribution in [2.24, 2.45) is 5.73 Å². The van der Waals surface area contributed by atoms with Crippen molar-refractivity contribution in [2.45, 2.75) is 6.42 Å². The topological polar surface area (TPSA) is 58.3 Å². The van der Waals surface area contributed by atoms with Gasteiger partial charge in [0.15, 0.2) is 0 Å². The van der Waals surface area contributed by atoms with E-state index in [1.807, 2.05) is 0 Å². The molecule has 3 heteroatoms. The fourth-order valence-electron chi connectivity index (χ4n) is 0.367. The second-order valence-electron chi connectivity index (χ2n) is 1.77. The lowest BCUT2D eigenvalue weighted by Gasteiger charge is -2.01. The second-order valence-corrected chi connectivity index (χ2v) is 1.77. The minimum atomic E-state index is 0.156. The number of hydrogen-bond acceptors (Lipinski definition) is 3. The highest BCUT2D eigenvalue weighted by Crippen LogP contribution is 1.87. The zero-order valence-electron chi connectivity index (χ0n) is 5.35. The van der Waals surface area contributed by atoms with Crippen LogP contribution >= 0.6 is 0 Å². The third kappa shape index (κ3) is 6.88. The Morgan fingerprint density at radius 1 is 1.56 bits per heavy atom. The van der Waals surface area contributed by atoms with Gasteiger partial charge in [-0.05, 0) is 0 Å². The summed E-state index contributed by atoms with van der Waals surface area (Å²) in [6, 6.07) is 0. The maximum atomic E-state index is 8.56. The molecule has 0 saturated heterocycles. The molecule has 0 rings (SSSR count). The van der Waals surface area contributed by atoms with Crippen molar-refractivity contribution in [3.8, 4) is 0 Å². The molecule has 0 atom stereocenters. The fourth-order valence-corrected chi connectivity index (χ4v) is 0.367. The van der Waals surface area contributed by atoms with Gasteiger partial charge in [-0.15, -0.1) is 0 Å². The molecule has 0 aromatic heterocycles. The predicted octanol–water partition coefficient (Wildman–Crippen LogP) is 0.468. The Balaban J connectivity index is 3.10. The number of aliphatic hydroxyl groups excluding tert-OH is 1. The van der Waals surface area contributed by atoms with Crippen LogP contribution in [0.4, 0.5) is 0 Å². The van der Waals surface area contributed by atoms with Gasteiger partial charge in [-0.2, -0.15) is 0 Å². The van der Waals surface area contributed by atoms with Gasteiger partial charge in [-0.3, -0.25) is 0 Å². The van der Waals surface area contributed by atoms with Crippen molar-refractivity contribution >= 4 is 0 Å². The van der Waals surface area contributed by atoms with E-state index in [0.717, 1.165) is 0 Å². The quantitative estimate of drug-likeness (QED) is 0.482. The average molecular weight is 128 g/mol. The van der Waals surface area contributed by atoms with E-state index in [9.17, 15) is 0 Å². The summed E-state index contributed by atoms with van der Waals surface area (Å²) in [6.45, 7) is 7.29. The van der Waals surface area contributed by atoms with Crippen LogP contribution in [0, 0.1) is 0 Å². The molecular weight excluding hydrogens is 116 g/mol. The van der Waals surface area contributed by atoms with Crippen LogP contribution in [-0.4, -0.2) is 11.7 Å². The van der Waals surface area contributed by atoms with E-state index in [-0.39, 0.29) is 5.76 Å². The number of aliphatic hydroxyl groups is 1. The van der Waals surface area contributed by atoms with E-state index >= 15 is 0 Å². The number of rotatable bonds is 4. The maximum absolute atomic E-state index is 8.56. The molecule has 0 saturated carbocycles. The van der Waals surface area contributed by atoms with Crippen LogP contribution in [0.15, 0.2) is 24.7 Å². The summed E-state index contributed by atoms with van der Waals surface area (Å²) in [7, 11) is 0. The van der Waals surface area contributed by atoms with E-state index in [2.05, 4.69) is 18.5 Å². The van der Waals surface area contributed by atoms with Crippen LogP contribution in [0.25, 0.3) is 0 Å². The monoisotopic (exact) mass is 128 g/mol. The molecule has 9 heavy (non-hydrogen) atoms. The van der Waals surface area contributed by atoms with E-state index in [0.29, 0.717) is 18.8 Å². The third-order valence-electron chi connectivity index (χ3n) is 0.766. The molecule has 4 N–H and O–H groups in total. The Labute approximate surface area is 54.9 Å². The predicted molar refractivity (Wildman–Crippen MR) is 37.7 cm³/mol. The van der Waals surface area contributed by atoms with Crippen molar-refractivity contribution in [2.75, 3.05) is 6.54 Å². The highest BCUT2D eigenvalue weighted by atomic mass is 16.3. The van der Waals surface area contributed by atoms with Gasteiger partial charge in [-0.1, -0.05) is 13.2 Å². The molecule has 0 aliphatic rings. The number of nitrogens with two attached hydrogens (primary N) is 1. The molecule has 0 unspecified atom stereocenters. The van der Waals surface area contributed by atoms with E-state index in [1.165, 1.54) is 0 Å². The van der Waals surface area contributed by atoms with Gasteiger partial charge in [0.2, 0.25) is 0 Å². The summed E-state index contributed by atoms with van der Waals surface area (Å²) < 4.78 is 0. The first-order valence-corrected chi connectivity index (χ1v) is 2.68. The molecule has 0 aromatic carbocycles. The lowest BCUT2D eigenvalue weighted by molar-refractivity contribution is 0.389. The van der Waals surface area contributed by atoms with Crippen LogP contribution in [0.1, 0.15) is 6.42 Å². The first-order chi connectivity index (χ1) is 4.13. The molecule has 0 heterocycles. The summed E-state index contributed by atoms with van der Waals surface area (Å²) in [4.78, 5) is 0. The largest absolute Gasteiger partial charge is 0.513 e. The van der Waals surface area contributed by atoms with Crippen molar-refractivity contribution < 1.29 is 5.11 Å². The third-order valence-corrected chi connectivity index (χ3v) is 0.766. The smallest absolute Gasteiger partial charge is 0.0886 e. The Bertz CT molecular complexity index is 106. The molecule has 0 spiro atoms. The SMILES string of the molecule is C=C(O)CCNC(=C)N. The fraction of sp³-hybridized carbons (Fsp3) is 0.333. The van der Waals surface area contributed by atoms with Crippen molar-refractivity contribution in [1.82, 2.24) is 5.32 Å². The molecule has 0 fully saturated rings. The Morgan fingerprint density at radius 3 is 2.44 bits per heavy atom. The Kier molecular flexibility index (Phi) is 3.35. The number of hydrogen-bond donors (Lipinski definition) is 3. The second kappa shape index (κ2) is 3.83. The lowest BCUT2D eigenvalue weighted by Crippen LogP contribution is -2.19. The zero-order chi connectivity index (χ0) is 7.28. The van der Waals surface area contributed by atoms with Gasteiger partial charge in [0.05, 0.1) is 11.6 Å². The van der Waals surface area contributed by atoms with Gasteiger partial charge in [0, 0.05) is 13.0 Å². The molecule has 0 aliphatic carbocycles. The van der Waals surface area contributed by atoms with Crippen molar-refractivity contribution in [3.63, 3.8) is 0 Å². The van der Waals surface area contributed by atoms with Gasteiger partial charge >= 0.3 is 0 Å². The van der Waals surface area contributed by atoms with Crippen molar-refractivity contribution in [1.29, 1.82) is 0 Å². The summed E-state index contributed by atoms with van der Waals surface area (Å²) in [6.07, 6.45) is 0.510. The molecule has 0 radical (unpaired) electrons. The van der Waals surface area contributed by atoms with E-state index in [4.69, 9.17) is 10.8 Å². The minimum Gasteiger partial charge on any atom is -0.513 e. The van der Waals surface area contributed by atoms with Gasteiger partial charge < -0.3 is 16.2 Å².